The topological polar surface area (TPSA) is 64.1 Å². The predicted octanol–water partition coefficient (Wildman–Crippen LogP) is 1.54. The van der Waals surface area contributed by atoms with Gasteiger partial charge in [0.2, 0.25) is 0 Å². The van der Waals surface area contributed by atoms with Gasteiger partial charge in [0.05, 0.1) is 11.6 Å². The summed E-state index contributed by atoms with van der Waals surface area (Å²) in [7, 11) is 0. The van der Waals surface area contributed by atoms with Gasteiger partial charge in [-0.05, 0) is 25.0 Å². The SMILES string of the molecule is O=C(NCC1CCCO1)c1cc2ccccc2nn1. The van der Waals surface area contributed by atoms with Crippen LogP contribution in [0.1, 0.15) is 23.3 Å². The third kappa shape index (κ3) is 2.71. The molecule has 1 unspecified atom stereocenters. The molecule has 3 rings (SSSR count). The largest absolute Gasteiger partial charge is 0.376 e. The highest BCUT2D eigenvalue weighted by atomic mass is 16.5. The van der Waals surface area contributed by atoms with Crippen molar-refractivity contribution in [3.8, 4) is 0 Å². The summed E-state index contributed by atoms with van der Waals surface area (Å²) in [5.74, 6) is -0.200. The summed E-state index contributed by atoms with van der Waals surface area (Å²) in [6.45, 7) is 1.32. The van der Waals surface area contributed by atoms with Gasteiger partial charge in [-0.2, -0.15) is 0 Å². The Bertz CT molecular complexity index is 594. The van der Waals surface area contributed by atoms with Crippen LogP contribution in [-0.2, 0) is 4.74 Å². The fourth-order valence-corrected chi connectivity index (χ4v) is 2.20. The average molecular weight is 257 g/mol. The zero-order valence-corrected chi connectivity index (χ0v) is 10.5. The summed E-state index contributed by atoms with van der Waals surface area (Å²) in [5, 5.41) is 11.7. The molecular weight excluding hydrogens is 242 g/mol. The summed E-state index contributed by atoms with van der Waals surface area (Å²) < 4.78 is 5.46. The van der Waals surface area contributed by atoms with E-state index in [1.165, 1.54) is 0 Å². The standard InChI is InChI=1S/C14H15N3O2/c18-14(15-9-11-5-3-7-19-11)13-8-10-4-1-2-6-12(10)16-17-13/h1-2,4,6,8,11H,3,5,7,9H2,(H,15,18). The summed E-state index contributed by atoms with van der Waals surface area (Å²) in [6.07, 6.45) is 2.21. The second-order valence-electron chi connectivity index (χ2n) is 4.63. The highest BCUT2D eigenvalue weighted by Gasteiger charge is 2.17. The van der Waals surface area contributed by atoms with E-state index in [1.54, 1.807) is 6.07 Å². The molecule has 1 aromatic carbocycles. The highest BCUT2D eigenvalue weighted by molar-refractivity contribution is 5.95. The number of fused-ring (bicyclic) bond motifs is 1. The van der Waals surface area contributed by atoms with E-state index in [4.69, 9.17) is 4.74 Å². The molecule has 5 heteroatoms. The lowest BCUT2D eigenvalue weighted by atomic mass is 10.2. The second-order valence-corrected chi connectivity index (χ2v) is 4.63. The van der Waals surface area contributed by atoms with Crippen molar-refractivity contribution in [3.05, 3.63) is 36.0 Å². The first kappa shape index (κ1) is 12.0. The van der Waals surface area contributed by atoms with Crippen LogP contribution in [-0.4, -0.2) is 35.4 Å². The van der Waals surface area contributed by atoms with Crippen molar-refractivity contribution in [2.75, 3.05) is 13.2 Å². The Labute approximate surface area is 111 Å². The van der Waals surface area contributed by atoms with Crippen LogP contribution in [0.3, 0.4) is 0 Å². The van der Waals surface area contributed by atoms with Gasteiger partial charge in [-0.25, -0.2) is 0 Å². The molecule has 0 spiro atoms. The number of carbonyl (C=O) groups excluding carboxylic acids is 1. The number of ether oxygens (including phenoxy) is 1. The number of rotatable bonds is 3. The molecular formula is C14H15N3O2. The maximum atomic E-state index is 12.0. The smallest absolute Gasteiger partial charge is 0.271 e. The molecule has 1 fully saturated rings. The monoisotopic (exact) mass is 257 g/mol. The van der Waals surface area contributed by atoms with E-state index in [1.807, 2.05) is 24.3 Å². The third-order valence-electron chi connectivity index (χ3n) is 3.24. The lowest BCUT2D eigenvalue weighted by Gasteiger charge is -2.10. The van der Waals surface area contributed by atoms with Crippen LogP contribution >= 0.6 is 0 Å². The van der Waals surface area contributed by atoms with E-state index in [0.717, 1.165) is 30.4 Å². The van der Waals surface area contributed by atoms with Gasteiger partial charge in [-0.15, -0.1) is 10.2 Å². The van der Waals surface area contributed by atoms with Gasteiger partial charge in [-0.3, -0.25) is 4.79 Å². The van der Waals surface area contributed by atoms with Crippen molar-refractivity contribution in [1.29, 1.82) is 0 Å². The number of carbonyl (C=O) groups is 1. The maximum absolute atomic E-state index is 12.0. The zero-order valence-electron chi connectivity index (χ0n) is 10.5. The Hall–Kier alpha value is -2.01. The fraction of sp³-hybridized carbons (Fsp3) is 0.357. The van der Waals surface area contributed by atoms with E-state index in [0.29, 0.717) is 12.2 Å². The number of benzene rings is 1. The Morgan fingerprint density at radius 2 is 2.26 bits per heavy atom. The van der Waals surface area contributed by atoms with Gasteiger partial charge in [0.1, 0.15) is 0 Å². The second kappa shape index (κ2) is 5.32. The molecule has 2 aromatic rings. The summed E-state index contributed by atoms with van der Waals surface area (Å²) >= 11 is 0. The maximum Gasteiger partial charge on any atom is 0.271 e. The predicted molar refractivity (Wildman–Crippen MR) is 70.8 cm³/mol. The molecule has 0 bridgehead atoms. The van der Waals surface area contributed by atoms with Crippen molar-refractivity contribution in [1.82, 2.24) is 15.5 Å². The minimum absolute atomic E-state index is 0.136. The van der Waals surface area contributed by atoms with Crippen molar-refractivity contribution >= 4 is 16.8 Å². The fourth-order valence-electron chi connectivity index (χ4n) is 2.20. The van der Waals surface area contributed by atoms with Gasteiger partial charge in [0.15, 0.2) is 5.69 Å². The molecule has 1 saturated heterocycles. The molecule has 1 aromatic heterocycles. The molecule has 1 amide bonds. The molecule has 1 aliphatic rings. The van der Waals surface area contributed by atoms with Crippen LogP contribution in [0.2, 0.25) is 0 Å². The summed E-state index contributed by atoms with van der Waals surface area (Å²) in [5.41, 5.74) is 1.13. The van der Waals surface area contributed by atoms with Crippen LogP contribution in [0.25, 0.3) is 10.9 Å². The molecule has 0 saturated carbocycles. The van der Waals surface area contributed by atoms with Crippen LogP contribution in [0.15, 0.2) is 30.3 Å². The lowest BCUT2D eigenvalue weighted by molar-refractivity contribution is 0.0853. The molecule has 0 aliphatic carbocycles. The minimum Gasteiger partial charge on any atom is -0.376 e. The van der Waals surface area contributed by atoms with E-state index in [-0.39, 0.29) is 12.0 Å². The summed E-state index contributed by atoms with van der Waals surface area (Å²) in [4.78, 5) is 12.0. The number of nitrogens with one attached hydrogen (secondary N) is 1. The van der Waals surface area contributed by atoms with Gasteiger partial charge >= 0.3 is 0 Å². The van der Waals surface area contributed by atoms with Crippen molar-refractivity contribution < 1.29 is 9.53 Å². The van der Waals surface area contributed by atoms with Crippen molar-refractivity contribution in [2.45, 2.75) is 18.9 Å². The Balaban J connectivity index is 1.70. The van der Waals surface area contributed by atoms with Gasteiger partial charge in [0, 0.05) is 18.5 Å². The van der Waals surface area contributed by atoms with Crippen molar-refractivity contribution in [2.24, 2.45) is 0 Å². The molecule has 5 nitrogen and oxygen atoms in total. The number of amides is 1. The van der Waals surface area contributed by atoms with Gasteiger partial charge in [-0.1, -0.05) is 18.2 Å². The highest BCUT2D eigenvalue weighted by Crippen LogP contribution is 2.12. The lowest BCUT2D eigenvalue weighted by Crippen LogP contribution is -2.32. The van der Waals surface area contributed by atoms with Crippen molar-refractivity contribution in [3.63, 3.8) is 0 Å². The number of aromatic nitrogens is 2. The van der Waals surface area contributed by atoms with Gasteiger partial charge < -0.3 is 10.1 Å². The Morgan fingerprint density at radius 1 is 1.37 bits per heavy atom. The van der Waals surface area contributed by atoms with Crippen LogP contribution in [0, 0.1) is 0 Å². The van der Waals surface area contributed by atoms with E-state index >= 15 is 0 Å². The molecule has 98 valence electrons. The van der Waals surface area contributed by atoms with Crippen LogP contribution in [0.5, 0.6) is 0 Å². The zero-order chi connectivity index (χ0) is 13.1. The summed E-state index contributed by atoms with van der Waals surface area (Å²) in [6, 6.07) is 9.36. The first-order valence-corrected chi connectivity index (χ1v) is 6.45. The number of nitrogens with zero attached hydrogens (tertiary/aromatic N) is 2. The van der Waals surface area contributed by atoms with E-state index in [9.17, 15) is 4.79 Å². The Kier molecular flexibility index (Phi) is 3.37. The molecule has 1 atom stereocenters. The van der Waals surface area contributed by atoms with Gasteiger partial charge in [0.25, 0.3) is 5.91 Å². The third-order valence-corrected chi connectivity index (χ3v) is 3.24. The first-order chi connectivity index (χ1) is 9.33. The van der Waals surface area contributed by atoms with E-state index < -0.39 is 0 Å². The van der Waals surface area contributed by atoms with Crippen LogP contribution in [0.4, 0.5) is 0 Å². The number of hydrogen-bond acceptors (Lipinski definition) is 4. The number of hydrogen-bond donors (Lipinski definition) is 1. The minimum atomic E-state index is -0.200. The van der Waals surface area contributed by atoms with Crippen LogP contribution < -0.4 is 5.32 Å². The molecule has 0 radical (unpaired) electrons. The first-order valence-electron chi connectivity index (χ1n) is 6.45. The Morgan fingerprint density at radius 3 is 3.11 bits per heavy atom. The normalized spacial score (nSPS) is 18.6. The average Bonchev–Trinajstić information content (AvgIpc) is 2.97. The molecule has 1 N–H and O–H groups in total. The molecule has 1 aliphatic heterocycles. The quantitative estimate of drug-likeness (QED) is 0.905. The molecule has 19 heavy (non-hydrogen) atoms. The van der Waals surface area contributed by atoms with E-state index in [2.05, 4.69) is 15.5 Å². The molecule has 2 heterocycles.